The van der Waals surface area contributed by atoms with Gasteiger partial charge in [-0.3, -0.25) is 0 Å². The molecule has 2 rings (SSSR count). The minimum atomic E-state index is -0.0796. The van der Waals surface area contributed by atoms with Crippen LogP contribution in [0.5, 0.6) is 0 Å². The van der Waals surface area contributed by atoms with Crippen LogP contribution in [0.2, 0.25) is 0 Å². The van der Waals surface area contributed by atoms with E-state index in [2.05, 4.69) is 43.2 Å². The van der Waals surface area contributed by atoms with Gasteiger partial charge >= 0.3 is 0 Å². The van der Waals surface area contributed by atoms with E-state index in [0.717, 1.165) is 17.0 Å². The van der Waals surface area contributed by atoms with Crippen LogP contribution < -0.4 is 5.32 Å². The zero-order chi connectivity index (χ0) is 15.3. The van der Waals surface area contributed by atoms with Crippen molar-refractivity contribution in [2.75, 3.05) is 5.32 Å². The molecule has 0 unspecified atom stereocenters. The summed E-state index contributed by atoms with van der Waals surface area (Å²) in [7, 11) is 0. The molecule has 0 spiro atoms. The first-order chi connectivity index (χ1) is 9.97. The molecule has 21 heavy (non-hydrogen) atoms. The van der Waals surface area contributed by atoms with Gasteiger partial charge in [0.15, 0.2) is 5.11 Å². The summed E-state index contributed by atoms with van der Waals surface area (Å²) in [4.78, 5) is 4.65. The van der Waals surface area contributed by atoms with Crippen LogP contribution in [0.3, 0.4) is 0 Å². The first-order valence-electron chi connectivity index (χ1n) is 6.97. The van der Waals surface area contributed by atoms with Gasteiger partial charge in [0.25, 0.3) is 0 Å². The normalized spacial score (nSPS) is 12.0. The summed E-state index contributed by atoms with van der Waals surface area (Å²) in [5, 5.41) is 3.64. The van der Waals surface area contributed by atoms with E-state index in [9.17, 15) is 0 Å². The predicted octanol–water partition coefficient (Wildman–Crippen LogP) is 4.92. The Kier molecular flexibility index (Phi) is 4.86. The number of nitrogens with one attached hydrogen (secondary N) is 1. The van der Waals surface area contributed by atoms with Crippen LogP contribution in [0.1, 0.15) is 26.3 Å². The minimum Gasteiger partial charge on any atom is -0.331 e. The van der Waals surface area contributed by atoms with Crippen molar-refractivity contribution >= 4 is 28.7 Å². The Morgan fingerprint density at radius 2 is 1.43 bits per heavy atom. The van der Waals surface area contributed by atoms with Crippen molar-refractivity contribution < 1.29 is 0 Å². The maximum Gasteiger partial charge on any atom is 0.197 e. The van der Waals surface area contributed by atoms with Crippen LogP contribution in [-0.4, -0.2) is 10.8 Å². The fraction of sp³-hybridized carbons (Fsp3) is 0.222. The van der Waals surface area contributed by atoms with Crippen LogP contribution in [0.25, 0.3) is 0 Å². The Bertz CT molecular complexity index is 625. The zero-order valence-electron chi connectivity index (χ0n) is 12.6. The lowest BCUT2D eigenvalue weighted by molar-refractivity contribution is 0.593. The van der Waals surface area contributed by atoms with E-state index in [-0.39, 0.29) is 5.41 Å². The standard InChI is InChI=1S/C18H20N2S/c1-18(2,3)16(14-10-6-4-7-11-14)20-17(21)19-15-12-8-5-9-13-15/h4-13H,1-3H3,(H,19,21)/b20-16-. The van der Waals surface area contributed by atoms with Crippen LogP contribution in [0.15, 0.2) is 65.7 Å². The highest BCUT2D eigenvalue weighted by Gasteiger charge is 2.21. The Morgan fingerprint density at radius 3 is 1.95 bits per heavy atom. The second-order valence-electron chi connectivity index (χ2n) is 5.87. The largest absolute Gasteiger partial charge is 0.331 e. The van der Waals surface area contributed by atoms with E-state index in [1.54, 1.807) is 0 Å². The molecule has 0 aliphatic heterocycles. The van der Waals surface area contributed by atoms with Gasteiger partial charge in [-0.05, 0) is 29.9 Å². The number of aliphatic imine (C=N–C) groups is 1. The molecule has 3 heteroatoms. The molecule has 0 bridgehead atoms. The molecule has 0 aliphatic carbocycles. The monoisotopic (exact) mass is 296 g/mol. The molecule has 0 amide bonds. The minimum absolute atomic E-state index is 0.0796. The molecule has 2 nitrogen and oxygen atoms in total. The highest BCUT2D eigenvalue weighted by molar-refractivity contribution is 7.80. The van der Waals surface area contributed by atoms with Gasteiger partial charge in [0.2, 0.25) is 0 Å². The second kappa shape index (κ2) is 6.64. The molecule has 0 saturated carbocycles. The average Bonchev–Trinajstić information content (AvgIpc) is 2.45. The molecule has 0 fully saturated rings. The van der Waals surface area contributed by atoms with Crippen molar-refractivity contribution in [2.45, 2.75) is 20.8 Å². The summed E-state index contributed by atoms with van der Waals surface area (Å²) in [6.07, 6.45) is 0. The molecule has 0 radical (unpaired) electrons. The molecule has 2 aromatic rings. The fourth-order valence-electron chi connectivity index (χ4n) is 2.04. The molecule has 0 atom stereocenters. The highest BCUT2D eigenvalue weighted by Crippen LogP contribution is 2.22. The van der Waals surface area contributed by atoms with Crippen LogP contribution in [-0.2, 0) is 0 Å². The van der Waals surface area contributed by atoms with Crippen molar-refractivity contribution in [3.63, 3.8) is 0 Å². The van der Waals surface area contributed by atoms with E-state index in [4.69, 9.17) is 12.2 Å². The van der Waals surface area contributed by atoms with E-state index in [1.165, 1.54) is 0 Å². The van der Waals surface area contributed by atoms with Crippen LogP contribution in [0, 0.1) is 5.41 Å². The maximum atomic E-state index is 5.38. The second-order valence-corrected chi connectivity index (χ2v) is 6.26. The SMILES string of the molecule is CC(C)(C)/C(=N\C(=S)Nc1ccccc1)c1ccccc1. The Hall–Kier alpha value is -2.00. The first kappa shape index (κ1) is 15.4. The number of rotatable bonds is 2. The highest BCUT2D eigenvalue weighted by atomic mass is 32.1. The molecule has 1 N–H and O–H groups in total. The third kappa shape index (κ3) is 4.50. The summed E-state index contributed by atoms with van der Waals surface area (Å²) < 4.78 is 0. The summed E-state index contributed by atoms with van der Waals surface area (Å²) in [5.41, 5.74) is 2.95. The van der Waals surface area contributed by atoms with Gasteiger partial charge < -0.3 is 5.32 Å². The van der Waals surface area contributed by atoms with Gasteiger partial charge in [0.05, 0.1) is 5.71 Å². The van der Waals surface area contributed by atoms with E-state index in [1.807, 2.05) is 48.5 Å². The number of hydrogen-bond acceptors (Lipinski definition) is 1. The predicted molar refractivity (Wildman–Crippen MR) is 95.1 cm³/mol. The maximum absolute atomic E-state index is 5.38. The number of hydrogen-bond donors (Lipinski definition) is 1. The van der Waals surface area contributed by atoms with E-state index < -0.39 is 0 Å². The van der Waals surface area contributed by atoms with Gasteiger partial charge in [0, 0.05) is 11.1 Å². The number of thiocarbonyl (C=S) groups is 1. The number of para-hydroxylation sites is 1. The zero-order valence-corrected chi connectivity index (χ0v) is 13.4. The Balaban J connectivity index is 2.27. The van der Waals surface area contributed by atoms with Gasteiger partial charge in [-0.15, -0.1) is 0 Å². The van der Waals surface area contributed by atoms with Gasteiger partial charge in [-0.25, -0.2) is 4.99 Å². The summed E-state index contributed by atoms with van der Waals surface area (Å²) in [6.45, 7) is 6.43. The third-order valence-electron chi connectivity index (χ3n) is 3.00. The Labute approximate surface area is 131 Å². The van der Waals surface area contributed by atoms with Crippen molar-refractivity contribution in [2.24, 2.45) is 10.4 Å². The van der Waals surface area contributed by atoms with Gasteiger partial charge in [-0.2, -0.15) is 0 Å². The number of benzene rings is 2. The van der Waals surface area contributed by atoms with Crippen molar-refractivity contribution in [1.82, 2.24) is 0 Å². The fourth-order valence-corrected chi connectivity index (χ4v) is 2.24. The van der Waals surface area contributed by atoms with Crippen molar-refractivity contribution in [3.05, 3.63) is 66.2 Å². The van der Waals surface area contributed by atoms with Crippen molar-refractivity contribution in [1.29, 1.82) is 0 Å². The molecule has 0 aromatic heterocycles. The first-order valence-corrected chi connectivity index (χ1v) is 7.38. The van der Waals surface area contributed by atoms with E-state index >= 15 is 0 Å². The topological polar surface area (TPSA) is 24.4 Å². The average molecular weight is 296 g/mol. The summed E-state index contributed by atoms with van der Waals surface area (Å²) in [5.74, 6) is 0. The smallest absolute Gasteiger partial charge is 0.197 e. The molecular weight excluding hydrogens is 276 g/mol. The molecule has 0 heterocycles. The number of nitrogens with zero attached hydrogens (tertiary/aromatic N) is 1. The van der Waals surface area contributed by atoms with Crippen LogP contribution >= 0.6 is 12.2 Å². The summed E-state index contributed by atoms with van der Waals surface area (Å²) in [6, 6.07) is 20.0. The molecular formula is C18H20N2S. The Morgan fingerprint density at radius 1 is 0.905 bits per heavy atom. The lowest BCUT2D eigenvalue weighted by Crippen LogP contribution is -2.24. The molecule has 2 aromatic carbocycles. The lowest BCUT2D eigenvalue weighted by atomic mass is 9.85. The summed E-state index contributed by atoms with van der Waals surface area (Å²) >= 11 is 5.38. The van der Waals surface area contributed by atoms with Crippen molar-refractivity contribution in [3.8, 4) is 0 Å². The molecule has 0 saturated heterocycles. The van der Waals surface area contributed by atoms with Gasteiger partial charge in [0.1, 0.15) is 0 Å². The lowest BCUT2D eigenvalue weighted by Gasteiger charge is -2.22. The number of anilines is 1. The quantitative estimate of drug-likeness (QED) is 0.628. The van der Waals surface area contributed by atoms with Gasteiger partial charge in [-0.1, -0.05) is 69.3 Å². The molecule has 108 valence electrons. The molecule has 0 aliphatic rings. The van der Waals surface area contributed by atoms with Crippen LogP contribution in [0.4, 0.5) is 5.69 Å². The van der Waals surface area contributed by atoms with E-state index in [0.29, 0.717) is 5.11 Å². The third-order valence-corrected chi connectivity index (χ3v) is 3.19.